The van der Waals surface area contributed by atoms with Crippen molar-refractivity contribution in [1.29, 1.82) is 0 Å². The fraction of sp³-hybridized carbons (Fsp3) is 0.846. The molecule has 2 atom stereocenters. The molecule has 0 bridgehead atoms. The molecule has 0 radical (unpaired) electrons. The van der Waals surface area contributed by atoms with Gasteiger partial charge in [0.05, 0.1) is 25.7 Å². The Bertz CT molecular complexity index is 318. The van der Waals surface area contributed by atoms with Gasteiger partial charge in [-0.2, -0.15) is 0 Å². The van der Waals surface area contributed by atoms with Gasteiger partial charge in [-0.3, -0.25) is 9.59 Å². The van der Waals surface area contributed by atoms with Gasteiger partial charge in [-0.1, -0.05) is 0 Å². The quantitative estimate of drug-likeness (QED) is 0.710. The Morgan fingerprint density at radius 2 is 1.89 bits per heavy atom. The van der Waals surface area contributed by atoms with E-state index in [2.05, 4.69) is 5.32 Å². The first-order valence-electron chi connectivity index (χ1n) is 6.82. The summed E-state index contributed by atoms with van der Waals surface area (Å²) in [6.07, 6.45) is 0. The van der Waals surface area contributed by atoms with Crippen molar-refractivity contribution in [3.8, 4) is 0 Å². The summed E-state index contributed by atoms with van der Waals surface area (Å²) in [5.74, 6) is -0.238. The predicted octanol–water partition coefficient (Wildman–Crippen LogP) is -0.452. The highest BCUT2D eigenvalue weighted by atomic mass is 16.5. The van der Waals surface area contributed by atoms with E-state index >= 15 is 0 Å². The first kappa shape index (κ1) is 15.9. The average Bonchev–Trinajstić information content (AvgIpc) is 2.87. The molecule has 1 fully saturated rings. The minimum atomic E-state index is -0.195. The monoisotopic (exact) mass is 271 g/mol. The smallest absolute Gasteiger partial charge is 0.242 e. The second-order valence-electron chi connectivity index (χ2n) is 4.80. The van der Waals surface area contributed by atoms with Crippen LogP contribution in [0.1, 0.15) is 13.8 Å². The lowest BCUT2D eigenvalue weighted by Gasteiger charge is -2.26. The van der Waals surface area contributed by atoms with E-state index in [0.717, 1.165) is 0 Å². The van der Waals surface area contributed by atoms with Crippen LogP contribution in [0.15, 0.2) is 0 Å². The second-order valence-corrected chi connectivity index (χ2v) is 4.80. The summed E-state index contributed by atoms with van der Waals surface area (Å²) in [5.41, 5.74) is 0. The molecule has 1 N–H and O–H groups in total. The van der Waals surface area contributed by atoms with E-state index in [9.17, 15) is 9.59 Å². The van der Waals surface area contributed by atoms with Crippen molar-refractivity contribution in [3.05, 3.63) is 0 Å². The molecule has 2 amide bonds. The van der Waals surface area contributed by atoms with Crippen LogP contribution in [0.2, 0.25) is 0 Å². The van der Waals surface area contributed by atoms with E-state index in [1.54, 1.807) is 11.9 Å². The van der Waals surface area contributed by atoms with Crippen LogP contribution in [-0.4, -0.2) is 74.6 Å². The summed E-state index contributed by atoms with van der Waals surface area (Å²) in [4.78, 5) is 27.5. The fourth-order valence-corrected chi connectivity index (χ4v) is 2.32. The molecule has 1 heterocycles. The number of hydrogen-bond acceptors (Lipinski definition) is 4. The van der Waals surface area contributed by atoms with Crippen molar-refractivity contribution < 1.29 is 14.3 Å². The van der Waals surface area contributed by atoms with E-state index in [1.165, 1.54) is 4.90 Å². The van der Waals surface area contributed by atoms with Gasteiger partial charge in [-0.25, -0.2) is 0 Å². The number of carbonyl (C=O) groups is 2. The molecular formula is C13H25N3O3. The maximum Gasteiger partial charge on any atom is 0.242 e. The molecule has 19 heavy (non-hydrogen) atoms. The number of likely N-dealkylation sites (N-methyl/N-ethyl adjacent to an activating group) is 3. The van der Waals surface area contributed by atoms with Gasteiger partial charge in [0.15, 0.2) is 0 Å². The van der Waals surface area contributed by atoms with Crippen molar-refractivity contribution in [1.82, 2.24) is 15.1 Å². The first-order valence-corrected chi connectivity index (χ1v) is 6.82. The van der Waals surface area contributed by atoms with Gasteiger partial charge >= 0.3 is 0 Å². The lowest BCUT2D eigenvalue weighted by Crippen LogP contribution is -2.47. The number of carbonyl (C=O) groups excluding carboxylic acids is 2. The molecule has 6 nitrogen and oxygen atoms in total. The van der Waals surface area contributed by atoms with Crippen molar-refractivity contribution >= 4 is 11.8 Å². The van der Waals surface area contributed by atoms with Gasteiger partial charge in [-0.15, -0.1) is 0 Å². The van der Waals surface area contributed by atoms with E-state index in [-0.39, 0.29) is 30.3 Å². The Morgan fingerprint density at radius 1 is 1.26 bits per heavy atom. The van der Waals surface area contributed by atoms with Crippen molar-refractivity contribution in [2.45, 2.75) is 19.9 Å². The van der Waals surface area contributed by atoms with E-state index in [0.29, 0.717) is 26.3 Å². The van der Waals surface area contributed by atoms with E-state index < -0.39 is 0 Å². The molecule has 0 spiro atoms. The summed E-state index contributed by atoms with van der Waals surface area (Å²) < 4.78 is 5.32. The Kier molecular flexibility index (Phi) is 6.24. The maximum atomic E-state index is 12.3. The van der Waals surface area contributed by atoms with Crippen LogP contribution in [0.3, 0.4) is 0 Å². The average molecular weight is 271 g/mol. The van der Waals surface area contributed by atoms with E-state index in [4.69, 9.17) is 4.74 Å². The van der Waals surface area contributed by atoms with E-state index in [1.807, 2.05) is 20.9 Å². The van der Waals surface area contributed by atoms with Gasteiger partial charge < -0.3 is 19.9 Å². The van der Waals surface area contributed by atoms with Crippen LogP contribution in [0, 0.1) is 5.92 Å². The van der Waals surface area contributed by atoms with Gasteiger partial charge in [0.1, 0.15) is 0 Å². The third kappa shape index (κ3) is 3.91. The van der Waals surface area contributed by atoms with Crippen molar-refractivity contribution in [2.24, 2.45) is 5.92 Å². The summed E-state index contributed by atoms with van der Waals surface area (Å²) in [7, 11) is 3.50. The predicted molar refractivity (Wildman–Crippen MR) is 72.7 cm³/mol. The molecule has 2 unspecified atom stereocenters. The minimum Gasteiger partial charge on any atom is -0.379 e. The topological polar surface area (TPSA) is 61.9 Å². The van der Waals surface area contributed by atoms with Crippen molar-refractivity contribution in [3.63, 3.8) is 0 Å². The summed E-state index contributed by atoms with van der Waals surface area (Å²) in [5, 5.41) is 3.08. The zero-order valence-electron chi connectivity index (χ0n) is 12.3. The van der Waals surface area contributed by atoms with Gasteiger partial charge in [0.2, 0.25) is 11.8 Å². The molecule has 110 valence electrons. The van der Waals surface area contributed by atoms with Crippen LogP contribution >= 0.6 is 0 Å². The Morgan fingerprint density at radius 3 is 2.42 bits per heavy atom. The highest BCUT2D eigenvalue weighted by Gasteiger charge is 2.35. The third-order valence-electron chi connectivity index (χ3n) is 3.63. The molecule has 0 saturated carbocycles. The SMILES string of the molecule is CCN(CC)C(=O)CN(C)C(=O)C1COCC1NC. The first-order chi connectivity index (χ1) is 9.04. The fourth-order valence-electron chi connectivity index (χ4n) is 2.32. The number of rotatable bonds is 6. The summed E-state index contributed by atoms with van der Waals surface area (Å²) in [6, 6.07) is 0.0403. The zero-order chi connectivity index (χ0) is 14.4. The normalized spacial score (nSPS) is 22.3. The Hall–Kier alpha value is -1.14. The lowest BCUT2D eigenvalue weighted by atomic mass is 10.0. The summed E-state index contributed by atoms with van der Waals surface area (Å²) in [6.45, 7) is 6.31. The molecular weight excluding hydrogens is 246 g/mol. The van der Waals surface area contributed by atoms with Crippen LogP contribution in [-0.2, 0) is 14.3 Å². The number of nitrogens with zero attached hydrogens (tertiary/aromatic N) is 2. The number of ether oxygens (including phenoxy) is 1. The molecule has 0 aliphatic carbocycles. The van der Waals surface area contributed by atoms with Gasteiger partial charge in [0.25, 0.3) is 0 Å². The maximum absolute atomic E-state index is 12.3. The largest absolute Gasteiger partial charge is 0.379 e. The second kappa shape index (κ2) is 7.45. The van der Waals surface area contributed by atoms with Gasteiger partial charge in [-0.05, 0) is 20.9 Å². The van der Waals surface area contributed by atoms with Crippen LogP contribution < -0.4 is 5.32 Å². The lowest BCUT2D eigenvalue weighted by molar-refractivity contribution is -0.141. The molecule has 0 aromatic rings. The molecule has 1 saturated heterocycles. The number of nitrogens with one attached hydrogen (secondary N) is 1. The highest BCUT2D eigenvalue weighted by molar-refractivity contribution is 5.86. The van der Waals surface area contributed by atoms with Crippen molar-refractivity contribution in [2.75, 3.05) is 46.9 Å². The zero-order valence-corrected chi connectivity index (χ0v) is 12.3. The molecule has 1 rings (SSSR count). The number of amides is 2. The van der Waals surface area contributed by atoms with Gasteiger partial charge in [0, 0.05) is 26.2 Å². The minimum absolute atomic E-state index is 0.0132. The Labute approximate surface area is 115 Å². The van der Waals surface area contributed by atoms with Crippen LogP contribution in [0.25, 0.3) is 0 Å². The number of hydrogen-bond donors (Lipinski definition) is 1. The molecule has 6 heteroatoms. The van der Waals surface area contributed by atoms with Crippen LogP contribution in [0.4, 0.5) is 0 Å². The van der Waals surface area contributed by atoms with Crippen LogP contribution in [0.5, 0.6) is 0 Å². The molecule has 0 aromatic heterocycles. The summed E-state index contributed by atoms with van der Waals surface area (Å²) >= 11 is 0. The highest BCUT2D eigenvalue weighted by Crippen LogP contribution is 2.15. The molecule has 1 aliphatic rings. The Balaban J connectivity index is 2.55. The molecule has 0 aromatic carbocycles. The molecule has 1 aliphatic heterocycles. The third-order valence-corrected chi connectivity index (χ3v) is 3.63. The standard InChI is InChI=1S/C13H25N3O3/c1-5-16(6-2)12(17)7-15(4)13(18)10-8-19-9-11(10)14-3/h10-11,14H,5-9H2,1-4H3.